The SMILES string of the molecule is CCOc1ccc(OCCNC(=O)CSC2=NCCS2)cc1. The maximum Gasteiger partial charge on any atom is 0.230 e. The van der Waals surface area contributed by atoms with Crippen molar-refractivity contribution in [3.63, 3.8) is 0 Å². The molecule has 1 heterocycles. The van der Waals surface area contributed by atoms with Gasteiger partial charge in [-0.1, -0.05) is 23.5 Å². The van der Waals surface area contributed by atoms with Crippen LogP contribution in [0.4, 0.5) is 0 Å². The van der Waals surface area contributed by atoms with Gasteiger partial charge in [0.25, 0.3) is 0 Å². The molecule has 1 aliphatic heterocycles. The van der Waals surface area contributed by atoms with Crippen LogP contribution in [-0.2, 0) is 4.79 Å². The molecule has 0 fully saturated rings. The molecule has 0 aliphatic carbocycles. The van der Waals surface area contributed by atoms with Crippen LogP contribution in [0.15, 0.2) is 29.3 Å². The first kappa shape index (κ1) is 17.0. The first-order valence-electron chi connectivity index (χ1n) is 7.20. The van der Waals surface area contributed by atoms with Crippen LogP contribution in [0, 0.1) is 0 Å². The number of nitrogens with one attached hydrogen (secondary N) is 1. The van der Waals surface area contributed by atoms with Gasteiger partial charge in [0.1, 0.15) is 22.5 Å². The second-order valence-electron chi connectivity index (χ2n) is 4.39. The number of hydrogen-bond donors (Lipinski definition) is 1. The Bertz CT molecular complexity index is 506. The van der Waals surface area contributed by atoms with Gasteiger partial charge in [0.05, 0.1) is 25.4 Å². The number of rotatable bonds is 8. The van der Waals surface area contributed by atoms with Crippen LogP contribution in [0.2, 0.25) is 0 Å². The number of carbonyl (C=O) groups excluding carboxylic acids is 1. The number of amides is 1. The van der Waals surface area contributed by atoms with E-state index in [1.165, 1.54) is 11.8 Å². The summed E-state index contributed by atoms with van der Waals surface area (Å²) in [6.07, 6.45) is 0. The topological polar surface area (TPSA) is 59.9 Å². The van der Waals surface area contributed by atoms with E-state index in [9.17, 15) is 4.79 Å². The second-order valence-corrected chi connectivity index (χ2v) is 6.69. The minimum atomic E-state index is 0.00972. The molecule has 120 valence electrons. The lowest BCUT2D eigenvalue weighted by molar-refractivity contribution is -0.118. The summed E-state index contributed by atoms with van der Waals surface area (Å²) in [6, 6.07) is 7.46. The smallest absolute Gasteiger partial charge is 0.230 e. The van der Waals surface area contributed by atoms with Crippen molar-refractivity contribution in [3.05, 3.63) is 24.3 Å². The van der Waals surface area contributed by atoms with Crippen molar-refractivity contribution in [1.82, 2.24) is 5.32 Å². The van der Waals surface area contributed by atoms with Crippen molar-refractivity contribution in [2.24, 2.45) is 4.99 Å². The molecule has 0 atom stereocenters. The van der Waals surface area contributed by atoms with Crippen LogP contribution < -0.4 is 14.8 Å². The summed E-state index contributed by atoms with van der Waals surface area (Å²) in [5.74, 6) is 3.04. The van der Waals surface area contributed by atoms with Crippen molar-refractivity contribution in [2.75, 3.05) is 37.8 Å². The van der Waals surface area contributed by atoms with Gasteiger partial charge < -0.3 is 14.8 Å². The fourth-order valence-corrected chi connectivity index (χ4v) is 3.58. The number of thioether (sulfide) groups is 2. The molecule has 5 nitrogen and oxygen atoms in total. The highest BCUT2D eigenvalue weighted by atomic mass is 32.2. The molecule has 1 aliphatic rings. The molecular formula is C15H20N2O3S2. The van der Waals surface area contributed by atoms with E-state index in [0.717, 1.165) is 28.2 Å². The molecule has 2 rings (SSSR count). The Kier molecular flexibility index (Phi) is 7.45. The van der Waals surface area contributed by atoms with E-state index in [1.807, 2.05) is 31.2 Å². The number of ether oxygens (including phenoxy) is 2. The number of hydrogen-bond acceptors (Lipinski definition) is 6. The summed E-state index contributed by atoms with van der Waals surface area (Å²) >= 11 is 3.21. The van der Waals surface area contributed by atoms with E-state index in [2.05, 4.69) is 10.3 Å². The molecule has 0 saturated carbocycles. The monoisotopic (exact) mass is 340 g/mol. The minimum absolute atomic E-state index is 0.00972. The molecule has 0 bridgehead atoms. The number of benzene rings is 1. The lowest BCUT2D eigenvalue weighted by atomic mass is 10.3. The summed E-state index contributed by atoms with van der Waals surface area (Å²) in [5, 5.41) is 2.83. The second kappa shape index (κ2) is 9.63. The van der Waals surface area contributed by atoms with Gasteiger partial charge in [0.2, 0.25) is 5.91 Å². The van der Waals surface area contributed by atoms with Crippen molar-refractivity contribution < 1.29 is 14.3 Å². The molecule has 0 saturated heterocycles. The van der Waals surface area contributed by atoms with Crippen LogP contribution in [0.3, 0.4) is 0 Å². The Balaban J connectivity index is 1.57. The molecular weight excluding hydrogens is 320 g/mol. The van der Waals surface area contributed by atoms with Gasteiger partial charge in [-0.3, -0.25) is 9.79 Å². The fraction of sp³-hybridized carbons (Fsp3) is 0.467. The van der Waals surface area contributed by atoms with Crippen LogP contribution >= 0.6 is 23.5 Å². The Morgan fingerprint density at radius 3 is 2.68 bits per heavy atom. The number of aliphatic imine (C=N–C) groups is 1. The van der Waals surface area contributed by atoms with Gasteiger partial charge in [0, 0.05) is 5.75 Å². The average Bonchev–Trinajstić information content (AvgIpc) is 3.05. The molecule has 1 N–H and O–H groups in total. The van der Waals surface area contributed by atoms with Crippen molar-refractivity contribution in [1.29, 1.82) is 0 Å². The maximum absolute atomic E-state index is 11.7. The summed E-state index contributed by atoms with van der Waals surface area (Å²) in [7, 11) is 0. The zero-order chi connectivity index (χ0) is 15.6. The highest BCUT2D eigenvalue weighted by Crippen LogP contribution is 2.21. The number of nitrogens with zero attached hydrogens (tertiary/aromatic N) is 1. The van der Waals surface area contributed by atoms with Crippen LogP contribution in [0.1, 0.15) is 6.92 Å². The van der Waals surface area contributed by atoms with Gasteiger partial charge in [-0.2, -0.15) is 0 Å². The zero-order valence-electron chi connectivity index (χ0n) is 12.5. The third-order valence-corrected chi connectivity index (χ3v) is 4.96. The Morgan fingerprint density at radius 2 is 2.05 bits per heavy atom. The normalized spacial score (nSPS) is 13.6. The summed E-state index contributed by atoms with van der Waals surface area (Å²) in [6.45, 7) is 4.40. The third kappa shape index (κ3) is 6.19. The summed E-state index contributed by atoms with van der Waals surface area (Å²) in [5.41, 5.74) is 0. The molecule has 22 heavy (non-hydrogen) atoms. The van der Waals surface area contributed by atoms with E-state index >= 15 is 0 Å². The van der Waals surface area contributed by atoms with Crippen molar-refractivity contribution >= 4 is 33.8 Å². The van der Waals surface area contributed by atoms with Crippen LogP contribution in [0.25, 0.3) is 0 Å². The predicted octanol–water partition coefficient (Wildman–Crippen LogP) is 2.42. The lowest BCUT2D eigenvalue weighted by Crippen LogP contribution is -2.29. The highest BCUT2D eigenvalue weighted by Gasteiger charge is 2.10. The van der Waals surface area contributed by atoms with Gasteiger partial charge in [-0.05, 0) is 31.2 Å². The average molecular weight is 340 g/mol. The maximum atomic E-state index is 11.7. The molecule has 0 radical (unpaired) electrons. The Labute approximate surface area is 139 Å². The molecule has 7 heteroatoms. The molecule has 0 spiro atoms. The largest absolute Gasteiger partial charge is 0.494 e. The third-order valence-electron chi connectivity index (χ3n) is 2.71. The summed E-state index contributed by atoms with van der Waals surface area (Å²) < 4.78 is 11.9. The van der Waals surface area contributed by atoms with Crippen molar-refractivity contribution in [2.45, 2.75) is 6.92 Å². The van der Waals surface area contributed by atoms with Crippen LogP contribution in [-0.4, -0.2) is 48.1 Å². The number of carbonyl (C=O) groups is 1. The van der Waals surface area contributed by atoms with E-state index < -0.39 is 0 Å². The minimum Gasteiger partial charge on any atom is -0.494 e. The van der Waals surface area contributed by atoms with Gasteiger partial charge in [0.15, 0.2) is 0 Å². The van der Waals surface area contributed by atoms with E-state index in [0.29, 0.717) is 25.5 Å². The quantitative estimate of drug-likeness (QED) is 0.737. The zero-order valence-corrected chi connectivity index (χ0v) is 14.2. The van der Waals surface area contributed by atoms with E-state index in [4.69, 9.17) is 9.47 Å². The van der Waals surface area contributed by atoms with Gasteiger partial charge in [-0.15, -0.1) is 0 Å². The molecule has 0 unspecified atom stereocenters. The van der Waals surface area contributed by atoms with E-state index in [1.54, 1.807) is 11.8 Å². The van der Waals surface area contributed by atoms with Gasteiger partial charge in [-0.25, -0.2) is 0 Å². The molecule has 0 aromatic heterocycles. The summed E-state index contributed by atoms with van der Waals surface area (Å²) in [4.78, 5) is 16.0. The highest BCUT2D eigenvalue weighted by molar-refractivity contribution is 8.39. The van der Waals surface area contributed by atoms with Crippen LogP contribution in [0.5, 0.6) is 11.5 Å². The predicted molar refractivity (Wildman–Crippen MR) is 93.3 cm³/mol. The fourth-order valence-electron chi connectivity index (χ4n) is 1.74. The first-order chi connectivity index (χ1) is 10.8. The van der Waals surface area contributed by atoms with Crippen molar-refractivity contribution in [3.8, 4) is 11.5 Å². The lowest BCUT2D eigenvalue weighted by Gasteiger charge is -2.08. The van der Waals surface area contributed by atoms with E-state index in [-0.39, 0.29) is 5.91 Å². The molecule has 1 aromatic carbocycles. The molecule has 1 aromatic rings. The molecule has 1 amide bonds. The standard InChI is InChI=1S/C15H20N2O3S2/c1-2-19-12-3-5-13(6-4-12)20-9-7-16-14(18)11-22-15-17-8-10-21-15/h3-6H,2,7-11H2,1H3,(H,16,18). The Morgan fingerprint density at radius 1 is 1.32 bits per heavy atom. The Hall–Kier alpha value is -1.34. The first-order valence-corrected chi connectivity index (χ1v) is 9.17. The van der Waals surface area contributed by atoms with Gasteiger partial charge >= 0.3 is 0 Å².